The Hall–Kier alpha value is -1.55. The van der Waals surface area contributed by atoms with Crippen LogP contribution in [-0.2, 0) is 20.7 Å². The third-order valence-electron chi connectivity index (χ3n) is 2.30. The minimum Gasteiger partial charge on any atom is -0.496 e. The molecule has 0 aliphatic heterocycles. The number of benzene rings is 1. The maximum Gasteiger partial charge on any atom is 0.311 e. The minimum absolute atomic E-state index is 0.0956. The Bertz CT molecular complexity index is 418. The number of hydrogen-bond donors (Lipinski definition) is 0. The summed E-state index contributed by atoms with van der Waals surface area (Å²) in [5.74, 6) is 0.432. The molecule has 0 aliphatic rings. The van der Waals surface area contributed by atoms with Crippen LogP contribution in [0.3, 0.4) is 0 Å². The van der Waals surface area contributed by atoms with Gasteiger partial charge in [0.2, 0.25) is 0 Å². The molecule has 0 N–H and O–H groups in total. The number of ether oxygens (including phenoxy) is 2. The zero-order valence-corrected chi connectivity index (χ0v) is 13.0. The predicted molar refractivity (Wildman–Crippen MR) is 79.0 cm³/mol. The van der Waals surface area contributed by atoms with Gasteiger partial charge in [-0.05, 0) is 13.0 Å². The first kappa shape index (κ1) is 18.4. The van der Waals surface area contributed by atoms with Crippen molar-refractivity contribution >= 4 is 23.9 Å². The van der Waals surface area contributed by atoms with Gasteiger partial charge in [-0.15, -0.1) is 0 Å². The number of carbonyl (C=O) groups excluding carboxylic acids is 2. The van der Waals surface area contributed by atoms with Gasteiger partial charge in [-0.2, -0.15) is 0 Å². The monoisotopic (exact) mass is 300 g/mol. The summed E-state index contributed by atoms with van der Waals surface area (Å²) in [4.78, 5) is 20.4. The molecule has 0 heterocycles. The molecule has 112 valence electrons. The Kier molecular flexibility index (Phi) is 9.47. The fourth-order valence-corrected chi connectivity index (χ4v) is 1.41. The van der Waals surface area contributed by atoms with Crippen LogP contribution in [0.15, 0.2) is 24.3 Å². The first-order valence-corrected chi connectivity index (χ1v) is 6.75. The third kappa shape index (κ3) is 7.14. The molecule has 1 unspecified atom stereocenters. The maximum atomic E-state index is 11.6. The number of aldehydes is 1. The highest BCUT2D eigenvalue weighted by atomic mass is 35.5. The van der Waals surface area contributed by atoms with Crippen LogP contribution < -0.4 is 4.74 Å². The van der Waals surface area contributed by atoms with Crippen LogP contribution in [0, 0.1) is 5.92 Å². The number of rotatable bonds is 5. The van der Waals surface area contributed by atoms with Gasteiger partial charge in [0.05, 0.1) is 13.5 Å². The summed E-state index contributed by atoms with van der Waals surface area (Å²) in [5.41, 5.74) is 0.213. The molecule has 0 bridgehead atoms. The van der Waals surface area contributed by atoms with Crippen molar-refractivity contribution in [2.24, 2.45) is 5.92 Å². The molecule has 0 aromatic heterocycles. The number of methoxy groups -OCH3 is 1. The van der Waals surface area contributed by atoms with Crippen LogP contribution in [0.2, 0.25) is 0 Å². The number of alkyl halides is 1. The van der Waals surface area contributed by atoms with Gasteiger partial charge < -0.3 is 14.3 Å². The predicted octanol–water partition coefficient (Wildman–Crippen LogP) is 3.21. The third-order valence-corrected chi connectivity index (χ3v) is 2.89. The molecule has 1 atom stereocenters. The number of hydrogen-bond acceptors (Lipinski definition) is 4. The molecule has 0 radical (unpaired) electrons. The number of para-hydroxylation sites is 1. The quantitative estimate of drug-likeness (QED) is 0.476. The molecular weight excluding hydrogens is 280 g/mol. The summed E-state index contributed by atoms with van der Waals surface area (Å²) in [5, 5.41) is 0. The van der Waals surface area contributed by atoms with Crippen LogP contribution in [-0.4, -0.2) is 24.9 Å². The standard InChI is InChI=1S/C13H17ClO3.C2H4O/c1-9(2)13(14)17-12(15)8-10-6-4-5-7-11(10)16-3;1-2-3/h4-7,9,13H,8H2,1-3H3;2H,1H3. The van der Waals surface area contributed by atoms with Crippen molar-refractivity contribution in [1.82, 2.24) is 0 Å². The van der Waals surface area contributed by atoms with Gasteiger partial charge in [-0.3, -0.25) is 4.79 Å². The lowest BCUT2D eigenvalue weighted by atomic mass is 10.1. The first-order valence-electron chi connectivity index (χ1n) is 6.31. The molecular formula is C15H21ClO4. The molecule has 1 aromatic rings. The van der Waals surface area contributed by atoms with E-state index < -0.39 is 5.56 Å². The van der Waals surface area contributed by atoms with Crippen molar-refractivity contribution in [3.05, 3.63) is 29.8 Å². The van der Waals surface area contributed by atoms with Gasteiger partial charge in [0.25, 0.3) is 0 Å². The second-order valence-electron chi connectivity index (χ2n) is 4.31. The van der Waals surface area contributed by atoms with Crippen molar-refractivity contribution in [3.8, 4) is 5.75 Å². The Labute approximate surface area is 125 Å². The summed E-state index contributed by atoms with van der Waals surface area (Å²) < 4.78 is 10.2. The van der Waals surface area contributed by atoms with E-state index in [9.17, 15) is 4.79 Å². The van der Waals surface area contributed by atoms with Crippen LogP contribution >= 0.6 is 11.6 Å². The van der Waals surface area contributed by atoms with E-state index in [0.29, 0.717) is 5.75 Å². The van der Waals surface area contributed by atoms with E-state index in [0.717, 1.165) is 11.8 Å². The molecule has 5 heteroatoms. The first-order chi connectivity index (χ1) is 9.46. The van der Waals surface area contributed by atoms with E-state index in [-0.39, 0.29) is 18.3 Å². The lowest BCUT2D eigenvalue weighted by Gasteiger charge is -2.15. The molecule has 0 saturated carbocycles. The normalized spacial score (nSPS) is 11.1. The largest absolute Gasteiger partial charge is 0.496 e. The highest BCUT2D eigenvalue weighted by Crippen LogP contribution is 2.19. The van der Waals surface area contributed by atoms with Gasteiger partial charge in [-0.1, -0.05) is 43.6 Å². The lowest BCUT2D eigenvalue weighted by Crippen LogP contribution is -2.19. The highest BCUT2D eigenvalue weighted by Gasteiger charge is 2.16. The molecule has 0 saturated heterocycles. The number of esters is 1. The van der Waals surface area contributed by atoms with Gasteiger partial charge in [0.1, 0.15) is 12.0 Å². The van der Waals surface area contributed by atoms with E-state index in [1.807, 2.05) is 38.1 Å². The van der Waals surface area contributed by atoms with Crippen molar-refractivity contribution in [2.75, 3.05) is 7.11 Å². The molecule has 0 aliphatic carbocycles. The van der Waals surface area contributed by atoms with Crippen LogP contribution in [0.4, 0.5) is 0 Å². The van der Waals surface area contributed by atoms with E-state index in [4.69, 9.17) is 25.9 Å². The average Bonchev–Trinajstić information content (AvgIpc) is 2.40. The molecule has 1 aromatic carbocycles. The summed E-state index contributed by atoms with van der Waals surface area (Å²) in [6, 6.07) is 7.35. The van der Waals surface area contributed by atoms with Crippen LogP contribution in [0.1, 0.15) is 26.3 Å². The van der Waals surface area contributed by atoms with Crippen molar-refractivity contribution in [1.29, 1.82) is 0 Å². The molecule has 0 fully saturated rings. The number of carbonyl (C=O) groups is 2. The second kappa shape index (κ2) is 10.3. The Morgan fingerprint density at radius 3 is 2.40 bits per heavy atom. The minimum atomic E-state index is -0.586. The maximum absolute atomic E-state index is 11.6. The summed E-state index contributed by atoms with van der Waals surface area (Å²) in [6.07, 6.45) is 0.917. The molecule has 0 amide bonds. The SMILES string of the molecule is CC=O.COc1ccccc1CC(=O)OC(Cl)C(C)C. The van der Waals surface area contributed by atoms with E-state index in [1.54, 1.807) is 7.11 Å². The second-order valence-corrected chi connectivity index (χ2v) is 4.74. The smallest absolute Gasteiger partial charge is 0.311 e. The zero-order valence-electron chi connectivity index (χ0n) is 12.3. The van der Waals surface area contributed by atoms with E-state index >= 15 is 0 Å². The van der Waals surface area contributed by atoms with Crippen LogP contribution in [0.5, 0.6) is 5.75 Å². The van der Waals surface area contributed by atoms with Crippen molar-refractivity contribution in [3.63, 3.8) is 0 Å². The Balaban J connectivity index is 0.00000110. The summed E-state index contributed by atoms with van der Waals surface area (Å²) in [7, 11) is 1.57. The molecule has 20 heavy (non-hydrogen) atoms. The van der Waals surface area contributed by atoms with Gasteiger partial charge >= 0.3 is 5.97 Å². The topological polar surface area (TPSA) is 52.6 Å². The van der Waals surface area contributed by atoms with Crippen LogP contribution in [0.25, 0.3) is 0 Å². The van der Waals surface area contributed by atoms with Crippen molar-refractivity contribution < 1.29 is 19.1 Å². The summed E-state index contributed by atoms with van der Waals surface area (Å²) in [6.45, 7) is 5.24. The van der Waals surface area contributed by atoms with E-state index in [1.165, 1.54) is 6.92 Å². The molecule has 1 rings (SSSR count). The Morgan fingerprint density at radius 1 is 1.35 bits per heavy atom. The fourth-order valence-electron chi connectivity index (χ4n) is 1.31. The number of halogens is 1. The van der Waals surface area contributed by atoms with E-state index in [2.05, 4.69) is 0 Å². The fraction of sp³-hybridized carbons (Fsp3) is 0.467. The highest BCUT2D eigenvalue weighted by molar-refractivity contribution is 6.20. The Morgan fingerprint density at radius 2 is 1.90 bits per heavy atom. The van der Waals surface area contributed by atoms with Gasteiger partial charge in [-0.25, -0.2) is 0 Å². The van der Waals surface area contributed by atoms with Gasteiger partial charge in [0, 0.05) is 11.5 Å². The lowest BCUT2D eigenvalue weighted by molar-refractivity contribution is -0.146. The zero-order chi connectivity index (χ0) is 15.5. The average molecular weight is 301 g/mol. The van der Waals surface area contributed by atoms with Crippen molar-refractivity contribution in [2.45, 2.75) is 32.8 Å². The summed E-state index contributed by atoms with van der Waals surface area (Å²) >= 11 is 5.88. The molecule has 0 spiro atoms. The van der Waals surface area contributed by atoms with Gasteiger partial charge in [0.15, 0.2) is 5.56 Å². The molecule has 4 nitrogen and oxygen atoms in total.